The lowest BCUT2D eigenvalue weighted by molar-refractivity contribution is 0.509. The summed E-state index contributed by atoms with van der Waals surface area (Å²) in [4.78, 5) is 0. The molecule has 0 N–H and O–H groups in total. The molecule has 0 aromatic carbocycles. The molecular weight excluding hydrogens is 737 g/mol. The second kappa shape index (κ2) is 11.5. The average Bonchev–Trinajstić information content (AvgIpc) is 3.66. The Bertz CT molecular complexity index is 1130. The zero-order chi connectivity index (χ0) is 46.0. The summed E-state index contributed by atoms with van der Waals surface area (Å²) in [5.41, 5.74) is 0. The Kier molecular flexibility index (Phi) is 10.5. The largest absolute Gasteiger partial charge is 0.0768 e. The van der Waals surface area contributed by atoms with Crippen LogP contribution in [0.4, 0.5) is 0 Å². The molecule has 0 heterocycles. The lowest BCUT2D eigenvalue weighted by atomic mass is 10.2. The first-order chi connectivity index (χ1) is 23.5. The van der Waals surface area contributed by atoms with E-state index in [4.69, 9.17) is 0 Å². The molecule has 0 spiro atoms. The van der Waals surface area contributed by atoms with Crippen LogP contribution in [0.25, 0.3) is 0 Å². The van der Waals surface area contributed by atoms with E-state index in [0.717, 1.165) is 0 Å². The van der Waals surface area contributed by atoms with Crippen molar-refractivity contribution in [3.05, 3.63) is 0 Å². The van der Waals surface area contributed by atoms with E-state index in [1.165, 1.54) is 0 Å². The standard InChI is InChI=1S/C52H108Si4/c1-37(2,3)53(38(4,5)6,39(7,8)9)49-50(54(40(10,11)12,41(13,14)15)42(16,17)18)51(49,55(43(19,20)21,44(22,23)24)45(25,26)27)52(49,50)56(46(28,29)30,47(31,32)33)48(34,35)36/h1-36H3. The quantitative estimate of drug-likeness (QED) is 0.247. The van der Waals surface area contributed by atoms with E-state index in [2.05, 4.69) is 249 Å². The van der Waals surface area contributed by atoms with Crippen molar-refractivity contribution in [2.75, 3.05) is 0 Å². The molecule has 0 nitrogen and oxygen atoms in total. The van der Waals surface area contributed by atoms with Crippen molar-refractivity contribution in [3.8, 4) is 0 Å². The molecule has 0 amide bonds. The van der Waals surface area contributed by atoms with Crippen LogP contribution in [0.3, 0.4) is 0 Å². The predicted molar refractivity (Wildman–Crippen MR) is 270 cm³/mol. The van der Waals surface area contributed by atoms with Gasteiger partial charge in [-0.15, -0.1) is 0 Å². The SMILES string of the molecule is CC(C)(C)[Si](C(C)(C)C)(C(C)(C)C)C12C3([Si](C(C)(C)C)(C(C)(C)C)C(C)(C)C)C1([Si](C(C)(C)C)(C(C)(C)C)C(C)(C)C)C23[Si](C(C)(C)C)(C(C)(C)C)C(C)(C)C. The van der Waals surface area contributed by atoms with Crippen LogP contribution in [-0.2, 0) is 0 Å². The first-order valence-electron chi connectivity index (χ1n) is 23.5. The maximum Gasteiger partial charge on any atom is 0.0768 e. The highest BCUT2D eigenvalue weighted by molar-refractivity contribution is 7.21. The summed E-state index contributed by atoms with van der Waals surface area (Å²) in [5, 5.41) is 3.75. The van der Waals surface area contributed by atoms with Crippen LogP contribution in [0.1, 0.15) is 249 Å². The van der Waals surface area contributed by atoms with E-state index in [1.807, 2.05) is 0 Å². The van der Waals surface area contributed by atoms with E-state index >= 15 is 0 Å². The highest BCUT2D eigenvalue weighted by atomic mass is 28.4. The van der Waals surface area contributed by atoms with Gasteiger partial charge in [-0.05, 0) is 80.6 Å². The predicted octanol–water partition coefficient (Wildman–Crippen LogP) is 20.4. The van der Waals surface area contributed by atoms with Crippen molar-refractivity contribution in [1.82, 2.24) is 0 Å². The molecule has 0 saturated heterocycles. The van der Waals surface area contributed by atoms with Gasteiger partial charge in [0, 0.05) is 0 Å². The zero-order valence-electron chi connectivity index (χ0n) is 46.0. The Morgan fingerprint density at radius 1 is 0.143 bits per heavy atom. The summed E-state index contributed by atoms with van der Waals surface area (Å²) in [6.45, 7) is 101. The Labute approximate surface area is 360 Å². The molecule has 0 bridgehead atoms. The van der Waals surface area contributed by atoms with Crippen molar-refractivity contribution in [3.63, 3.8) is 0 Å². The van der Waals surface area contributed by atoms with E-state index in [0.29, 0.717) is 20.2 Å². The van der Waals surface area contributed by atoms with Crippen molar-refractivity contribution in [2.45, 2.75) is 330 Å². The van der Waals surface area contributed by atoms with Crippen molar-refractivity contribution < 1.29 is 0 Å². The lowest BCUT2D eigenvalue weighted by Crippen LogP contribution is -2.63. The Balaban J connectivity index is 3.40. The van der Waals surface area contributed by atoms with Crippen LogP contribution >= 0.6 is 0 Å². The Morgan fingerprint density at radius 2 is 0.196 bits per heavy atom. The molecule has 4 fully saturated rings. The molecular formula is C52H108Si4. The molecule has 0 aromatic heterocycles. The van der Waals surface area contributed by atoms with E-state index < -0.39 is 32.3 Å². The van der Waals surface area contributed by atoms with Crippen molar-refractivity contribution in [1.29, 1.82) is 0 Å². The van der Waals surface area contributed by atoms with Crippen LogP contribution < -0.4 is 0 Å². The summed E-state index contributed by atoms with van der Waals surface area (Å²) in [6.07, 6.45) is 0. The molecule has 4 rings (SSSR count). The molecule has 332 valence electrons. The molecule has 0 aliphatic heterocycles. The third-order valence-corrected chi connectivity index (χ3v) is 56.4. The minimum Gasteiger partial charge on any atom is -0.0625 e. The fraction of sp³-hybridized carbons (Fsp3) is 1.00. The maximum atomic E-state index is 2.81. The summed E-state index contributed by atoms with van der Waals surface area (Å²) in [7, 11) is -10.1. The normalized spacial score (nSPS) is 29.4. The van der Waals surface area contributed by atoms with Gasteiger partial charge >= 0.3 is 0 Å². The number of hydrogen-bond donors (Lipinski definition) is 0. The third-order valence-electron chi connectivity index (χ3n) is 18.9. The average molecular weight is 846 g/mol. The number of hydrogen-bond acceptors (Lipinski definition) is 0. The van der Waals surface area contributed by atoms with Crippen LogP contribution in [0, 0.1) is 0 Å². The van der Waals surface area contributed by atoms with Crippen LogP contribution in [0.2, 0.25) is 80.6 Å². The highest BCUT2D eigenvalue weighted by Crippen LogP contribution is 3.59. The fourth-order valence-corrected chi connectivity index (χ4v) is 84.9. The lowest BCUT2D eigenvalue weighted by Gasteiger charge is -2.64. The van der Waals surface area contributed by atoms with Gasteiger partial charge in [0.1, 0.15) is 0 Å². The molecule has 4 aliphatic carbocycles. The third kappa shape index (κ3) is 4.37. The summed E-state index contributed by atoms with van der Waals surface area (Å²) in [5.74, 6) is 0. The first kappa shape index (κ1) is 51.2. The highest BCUT2D eigenvalue weighted by Gasteiger charge is 3.45. The molecule has 0 atom stereocenters. The molecule has 4 heteroatoms. The molecule has 0 aromatic rings. The smallest absolute Gasteiger partial charge is 0.0625 e. The summed E-state index contributed by atoms with van der Waals surface area (Å²) in [6, 6.07) is 0. The molecule has 4 aliphatic rings. The Hall–Kier alpha value is 0.868. The van der Waals surface area contributed by atoms with Gasteiger partial charge in [0.25, 0.3) is 0 Å². The van der Waals surface area contributed by atoms with Gasteiger partial charge in [0.15, 0.2) is 0 Å². The molecule has 0 radical (unpaired) electrons. The zero-order valence-corrected chi connectivity index (χ0v) is 50.0. The van der Waals surface area contributed by atoms with Crippen LogP contribution in [0.15, 0.2) is 0 Å². The Morgan fingerprint density at radius 3 is 0.232 bits per heavy atom. The number of rotatable bonds is 4. The van der Waals surface area contributed by atoms with Gasteiger partial charge in [0.05, 0.1) is 32.3 Å². The monoisotopic (exact) mass is 845 g/mol. The summed E-state index contributed by atoms with van der Waals surface area (Å²) < 4.78 is 0. The van der Waals surface area contributed by atoms with E-state index in [9.17, 15) is 0 Å². The fourth-order valence-electron chi connectivity index (χ4n) is 25.7. The van der Waals surface area contributed by atoms with E-state index in [1.54, 1.807) is 0 Å². The van der Waals surface area contributed by atoms with E-state index in [-0.39, 0.29) is 60.5 Å². The van der Waals surface area contributed by atoms with Gasteiger partial charge in [-0.3, -0.25) is 0 Å². The summed E-state index contributed by atoms with van der Waals surface area (Å²) >= 11 is 0. The second-order valence-electron chi connectivity index (χ2n) is 33.0. The van der Waals surface area contributed by atoms with Gasteiger partial charge in [-0.25, -0.2) is 0 Å². The molecule has 4 saturated carbocycles. The molecule has 56 heavy (non-hydrogen) atoms. The maximum absolute atomic E-state index is 2.81. The van der Waals surface area contributed by atoms with Gasteiger partial charge in [0.2, 0.25) is 0 Å². The first-order valence-corrected chi connectivity index (χ1v) is 31.5. The topological polar surface area (TPSA) is 0 Å². The van der Waals surface area contributed by atoms with Gasteiger partial charge in [-0.1, -0.05) is 249 Å². The minimum atomic E-state index is -2.53. The second-order valence-corrected chi connectivity index (χ2v) is 60.0. The minimum absolute atomic E-state index is 0.199. The van der Waals surface area contributed by atoms with Crippen LogP contribution in [-0.4, -0.2) is 32.3 Å². The van der Waals surface area contributed by atoms with Crippen LogP contribution in [0.5, 0.6) is 0 Å². The van der Waals surface area contributed by atoms with Crippen molar-refractivity contribution in [2.24, 2.45) is 0 Å². The molecule has 0 unspecified atom stereocenters. The van der Waals surface area contributed by atoms with Gasteiger partial charge < -0.3 is 0 Å². The van der Waals surface area contributed by atoms with Crippen molar-refractivity contribution >= 4 is 32.3 Å². The van der Waals surface area contributed by atoms with Gasteiger partial charge in [-0.2, -0.15) is 0 Å².